The average molecular weight is 166 g/mol. The molecule has 0 aromatic rings. The molecule has 4 heteroatoms. The Bertz CT molecular complexity index is 68.8. The van der Waals surface area contributed by atoms with Gasteiger partial charge in [0.1, 0.15) is 0 Å². The average Bonchev–Trinajstić information content (AvgIpc) is 1.99. The van der Waals surface area contributed by atoms with Crippen molar-refractivity contribution in [2.45, 2.75) is 6.29 Å². The van der Waals surface area contributed by atoms with Crippen LogP contribution in [-0.2, 0) is 9.47 Å². The van der Waals surface area contributed by atoms with Gasteiger partial charge in [-0.2, -0.15) is 11.8 Å². The van der Waals surface area contributed by atoms with Crippen LogP contribution in [0.25, 0.3) is 0 Å². The summed E-state index contributed by atoms with van der Waals surface area (Å²) in [6.45, 7) is 0.963. The van der Waals surface area contributed by atoms with E-state index in [0.29, 0.717) is 0 Å². The summed E-state index contributed by atoms with van der Waals surface area (Å²) in [5.41, 5.74) is 3.73. The highest BCUT2D eigenvalue weighted by molar-refractivity contribution is 7.99. The van der Waals surface area contributed by atoms with Gasteiger partial charge in [0.2, 0.25) is 0 Å². The molecule has 0 amide bonds. The Labute approximate surface area is 66.3 Å². The maximum atomic E-state index is 4.98. The van der Waals surface area contributed by atoms with Gasteiger partial charge >= 0.3 is 0 Å². The van der Waals surface area contributed by atoms with Crippen LogP contribution in [0.3, 0.4) is 0 Å². The van der Waals surface area contributed by atoms with Crippen LogP contribution in [0.2, 0.25) is 0 Å². The van der Waals surface area contributed by atoms with E-state index in [9.17, 15) is 0 Å². The zero-order valence-corrected chi connectivity index (χ0v) is 7.45. The molecule has 0 aromatic carbocycles. The van der Waals surface area contributed by atoms with E-state index in [1.807, 2.05) is 0 Å². The summed E-state index contributed by atoms with van der Waals surface area (Å²) < 4.78 is 9.97. The van der Waals surface area contributed by atoms with E-state index in [2.05, 4.69) is 5.73 Å². The molecule has 0 heterocycles. The van der Waals surface area contributed by atoms with E-state index in [-0.39, 0.29) is 6.29 Å². The third kappa shape index (κ3) is 5.05. The summed E-state index contributed by atoms with van der Waals surface area (Å²) >= 11 is 1.80. The Morgan fingerprint density at radius 3 is 2.40 bits per heavy atom. The highest BCUT2D eigenvalue weighted by Crippen LogP contribution is 2.03. The lowest BCUT2D eigenvalue weighted by Crippen LogP contribution is -2.51. The quantitative estimate of drug-likeness (QED) is 0.430. The van der Waals surface area contributed by atoms with Crippen LogP contribution in [0, 0.1) is 0 Å². The predicted molar refractivity (Wildman–Crippen MR) is 42.9 cm³/mol. The van der Waals surface area contributed by atoms with Crippen molar-refractivity contribution in [1.82, 2.24) is 0 Å². The molecule has 0 atom stereocenters. The maximum absolute atomic E-state index is 4.98. The van der Waals surface area contributed by atoms with E-state index in [4.69, 9.17) is 9.47 Å². The van der Waals surface area contributed by atoms with Crippen molar-refractivity contribution in [2.24, 2.45) is 0 Å². The molecule has 0 rings (SSSR count). The van der Waals surface area contributed by atoms with Gasteiger partial charge in [-0.05, 0) is 0 Å². The van der Waals surface area contributed by atoms with Gasteiger partial charge in [-0.3, -0.25) is 0 Å². The van der Waals surface area contributed by atoms with Crippen LogP contribution in [0.1, 0.15) is 0 Å². The highest BCUT2D eigenvalue weighted by Gasteiger charge is 2.03. The van der Waals surface area contributed by atoms with Crippen molar-refractivity contribution in [1.29, 1.82) is 0 Å². The number of methoxy groups -OCH3 is 2. The van der Waals surface area contributed by atoms with E-state index in [1.165, 1.54) is 0 Å². The van der Waals surface area contributed by atoms with E-state index in [1.54, 1.807) is 26.0 Å². The molecule has 0 bridgehead atoms. The monoisotopic (exact) mass is 166 g/mol. The van der Waals surface area contributed by atoms with Crippen LogP contribution in [0.5, 0.6) is 0 Å². The van der Waals surface area contributed by atoms with Crippen molar-refractivity contribution < 1.29 is 15.2 Å². The number of thioether (sulfide) groups is 1. The molecule has 0 radical (unpaired) electrons. The summed E-state index contributed by atoms with van der Waals surface area (Å²) in [6.07, 6.45) is -0.0588. The summed E-state index contributed by atoms with van der Waals surface area (Å²) in [5, 5.41) is 0. The lowest BCUT2D eigenvalue weighted by atomic mass is 10.7. The molecule has 0 saturated carbocycles. The molecular weight excluding hydrogens is 150 g/mol. The van der Waals surface area contributed by atoms with E-state index in [0.717, 1.165) is 18.1 Å². The first-order chi connectivity index (χ1) is 4.85. The first kappa shape index (κ1) is 10.2. The molecule has 0 unspecified atom stereocenters. The molecule has 62 valence electrons. The molecule has 0 aliphatic heterocycles. The van der Waals surface area contributed by atoms with E-state index >= 15 is 0 Å². The third-order valence-corrected chi connectivity index (χ3v) is 2.15. The van der Waals surface area contributed by atoms with Crippen LogP contribution in [0.15, 0.2) is 0 Å². The number of hydrogen-bond donors (Lipinski definition) is 1. The number of ether oxygens (including phenoxy) is 2. The Morgan fingerprint density at radius 2 is 2.00 bits per heavy atom. The Hall–Kier alpha value is 0.230. The van der Waals surface area contributed by atoms with E-state index < -0.39 is 0 Å². The summed E-state index contributed by atoms with van der Waals surface area (Å²) in [7, 11) is 3.30. The van der Waals surface area contributed by atoms with Crippen molar-refractivity contribution in [2.75, 3.05) is 32.3 Å². The normalized spacial score (nSPS) is 10.8. The molecule has 0 aliphatic carbocycles. The molecule has 0 spiro atoms. The smallest absolute Gasteiger partial charge is 0.165 e. The standard InChI is InChI=1S/C6H15NO2S/c1-8-6(9-2)5-10-4-3-7/h6H,3-5,7H2,1-2H3/p+1. The van der Waals surface area contributed by atoms with Crippen molar-refractivity contribution >= 4 is 11.8 Å². The molecule has 0 saturated heterocycles. The second-order valence-corrected chi connectivity index (χ2v) is 2.98. The Balaban J connectivity index is 3.09. The van der Waals surface area contributed by atoms with Crippen molar-refractivity contribution in [3.05, 3.63) is 0 Å². The topological polar surface area (TPSA) is 46.1 Å². The number of hydrogen-bond acceptors (Lipinski definition) is 3. The summed E-state index contributed by atoms with van der Waals surface area (Å²) in [5.74, 6) is 1.96. The first-order valence-corrected chi connectivity index (χ1v) is 4.43. The third-order valence-electron chi connectivity index (χ3n) is 1.07. The fraction of sp³-hybridized carbons (Fsp3) is 1.00. The molecular formula is C6H16NO2S+. The summed E-state index contributed by atoms with van der Waals surface area (Å²) in [4.78, 5) is 0. The van der Waals surface area contributed by atoms with Gasteiger partial charge in [0.15, 0.2) is 6.29 Å². The first-order valence-electron chi connectivity index (χ1n) is 3.27. The fourth-order valence-electron chi connectivity index (χ4n) is 0.514. The van der Waals surface area contributed by atoms with Crippen LogP contribution in [0.4, 0.5) is 0 Å². The van der Waals surface area contributed by atoms with Gasteiger partial charge in [0.05, 0.1) is 6.54 Å². The Morgan fingerprint density at radius 1 is 1.40 bits per heavy atom. The maximum Gasteiger partial charge on any atom is 0.165 e. The van der Waals surface area contributed by atoms with Gasteiger partial charge < -0.3 is 15.2 Å². The number of rotatable bonds is 6. The molecule has 0 aliphatic rings. The van der Waals surface area contributed by atoms with Crippen LogP contribution in [-0.4, -0.2) is 38.6 Å². The second-order valence-electron chi connectivity index (χ2n) is 1.83. The van der Waals surface area contributed by atoms with Gasteiger partial charge in [-0.15, -0.1) is 0 Å². The molecule has 3 nitrogen and oxygen atoms in total. The van der Waals surface area contributed by atoms with Gasteiger partial charge in [-0.1, -0.05) is 0 Å². The zero-order chi connectivity index (χ0) is 7.82. The Kier molecular flexibility index (Phi) is 7.51. The highest BCUT2D eigenvalue weighted by atomic mass is 32.2. The molecule has 10 heavy (non-hydrogen) atoms. The zero-order valence-electron chi connectivity index (χ0n) is 6.63. The molecule has 0 aromatic heterocycles. The molecule has 3 N–H and O–H groups in total. The molecule has 0 fully saturated rings. The lowest BCUT2D eigenvalue weighted by Gasteiger charge is -2.11. The van der Waals surface area contributed by atoms with Gasteiger partial charge in [0, 0.05) is 25.7 Å². The lowest BCUT2D eigenvalue weighted by molar-refractivity contribution is -0.360. The van der Waals surface area contributed by atoms with Gasteiger partial charge in [0.25, 0.3) is 0 Å². The van der Waals surface area contributed by atoms with Crippen molar-refractivity contribution in [3.8, 4) is 0 Å². The van der Waals surface area contributed by atoms with Crippen LogP contribution < -0.4 is 5.73 Å². The number of quaternary nitrogens is 1. The summed E-state index contributed by atoms with van der Waals surface area (Å²) in [6, 6.07) is 0. The minimum Gasteiger partial charge on any atom is -0.357 e. The largest absolute Gasteiger partial charge is 0.357 e. The predicted octanol–water partition coefficient (Wildman–Crippen LogP) is -0.420. The van der Waals surface area contributed by atoms with Crippen molar-refractivity contribution in [3.63, 3.8) is 0 Å². The van der Waals surface area contributed by atoms with Gasteiger partial charge in [-0.25, -0.2) is 0 Å². The minimum absolute atomic E-state index is 0.0588. The SMILES string of the molecule is COC(CSCC[NH3+])OC. The second kappa shape index (κ2) is 7.34. The fourth-order valence-corrected chi connectivity index (χ4v) is 1.35. The van der Waals surface area contributed by atoms with Crippen LogP contribution >= 0.6 is 11.8 Å². The minimum atomic E-state index is -0.0588.